The van der Waals surface area contributed by atoms with E-state index in [0.29, 0.717) is 61.5 Å². The van der Waals surface area contributed by atoms with Crippen LogP contribution in [-0.4, -0.2) is 68.5 Å². The van der Waals surface area contributed by atoms with Gasteiger partial charge in [-0.2, -0.15) is 0 Å². The van der Waals surface area contributed by atoms with Crippen LogP contribution in [0.25, 0.3) is 44.6 Å². The van der Waals surface area contributed by atoms with Crippen LogP contribution in [0.1, 0.15) is 31.8 Å². The van der Waals surface area contributed by atoms with Crippen molar-refractivity contribution in [2.45, 2.75) is 56.6 Å². The van der Waals surface area contributed by atoms with Crippen molar-refractivity contribution in [2.75, 3.05) is 19.1 Å². The molecule has 2 amide bonds. The number of aromatic nitrogens is 6. The monoisotopic (exact) mass is 762 g/mol. The van der Waals surface area contributed by atoms with Gasteiger partial charge in [0.2, 0.25) is 0 Å². The first-order valence-corrected chi connectivity index (χ1v) is 22.4. The van der Waals surface area contributed by atoms with Crippen molar-refractivity contribution in [2.24, 2.45) is 11.5 Å². The molecule has 6 rings (SSSR count). The molecule has 0 aliphatic carbocycles. The van der Waals surface area contributed by atoms with Crippen molar-refractivity contribution in [1.29, 1.82) is 0 Å². The Balaban J connectivity index is 0.000000210. The highest BCUT2D eigenvalue weighted by molar-refractivity contribution is 7.98. The number of H-pyrrole nitrogens is 1. The average molecular weight is 763 g/mol. The maximum absolute atomic E-state index is 13.7. The number of carbonyl (C=O) groups is 2. The lowest BCUT2D eigenvalue weighted by Crippen LogP contribution is -2.22. The lowest BCUT2D eigenvalue weighted by atomic mass is 10.0. The molecule has 0 saturated carbocycles. The lowest BCUT2D eigenvalue weighted by Gasteiger charge is -2.15. The highest BCUT2D eigenvalue weighted by Gasteiger charge is 2.23. The molecule has 0 aliphatic heterocycles. The molecule has 11 nitrogen and oxygen atoms in total. The van der Waals surface area contributed by atoms with Crippen molar-refractivity contribution in [3.05, 3.63) is 82.7 Å². The predicted octanol–water partition coefficient (Wildman–Crippen LogP) is 7.57. The van der Waals surface area contributed by atoms with Gasteiger partial charge < -0.3 is 25.8 Å². The molecule has 0 unspecified atom stereocenters. The van der Waals surface area contributed by atoms with E-state index in [1.54, 1.807) is 29.8 Å². The number of primary amides is 2. The molecular weight excluding hydrogens is 723 g/mol. The Kier molecular flexibility index (Phi) is 11.8. The van der Waals surface area contributed by atoms with E-state index >= 15 is 0 Å². The molecule has 4 heterocycles. The number of hydrogen-bond donors (Lipinski definition) is 3. The number of nitrogens with two attached hydrogens (primary N) is 2. The van der Waals surface area contributed by atoms with Gasteiger partial charge in [-0.05, 0) is 79.9 Å². The molecule has 0 atom stereocenters. The van der Waals surface area contributed by atoms with E-state index in [2.05, 4.69) is 44.6 Å². The largest absolute Gasteiger partial charge is 0.366 e. The minimum absolute atomic E-state index is 0.265. The summed E-state index contributed by atoms with van der Waals surface area (Å²) in [4.78, 5) is 44.9. The number of aromatic amines is 1. The van der Waals surface area contributed by atoms with Gasteiger partial charge in [0, 0.05) is 38.2 Å². The van der Waals surface area contributed by atoms with Crippen molar-refractivity contribution >= 4 is 65.5 Å². The van der Waals surface area contributed by atoms with Crippen LogP contribution >= 0.6 is 23.5 Å². The molecule has 0 spiro atoms. The number of aryl methyl sites for hydroxylation is 2. The van der Waals surface area contributed by atoms with Crippen molar-refractivity contribution in [3.8, 4) is 22.5 Å². The Bertz CT molecular complexity index is 2310. The summed E-state index contributed by atoms with van der Waals surface area (Å²) >= 11 is 2.79. The molecule has 52 heavy (non-hydrogen) atoms. The molecule has 5 N–H and O–H groups in total. The van der Waals surface area contributed by atoms with Gasteiger partial charge in [0.1, 0.15) is 29.7 Å². The zero-order chi connectivity index (χ0) is 37.9. The molecule has 0 fully saturated rings. The van der Waals surface area contributed by atoms with Crippen LogP contribution in [0.5, 0.6) is 0 Å². The summed E-state index contributed by atoms with van der Waals surface area (Å²) in [5.74, 6) is -1.77. The lowest BCUT2D eigenvalue weighted by molar-refractivity contribution is 0.0894. The minimum Gasteiger partial charge on any atom is -0.366 e. The van der Waals surface area contributed by atoms with Gasteiger partial charge in [0.05, 0.1) is 33.3 Å². The molecule has 0 saturated heterocycles. The number of hydrogen-bond acceptors (Lipinski definition) is 9. The number of thioether (sulfide) groups is 2. The third-order valence-corrected chi connectivity index (χ3v) is 11.0. The van der Waals surface area contributed by atoms with Crippen LogP contribution in [0.3, 0.4) is 0 Å². The first-order chi connectivity index (χ1) is 24.6. The SMILES string of the molecule is CSc1nc(-c2ccc(F)cc2C)c2c(C(N)=O)c[nH]c2n1.CSc1nc(-c2ccc(F)cc2C)c2c(C(N)=O)cn(COCC[Si](C)(C)C)c2n1. The van der Waals surface area contributed by atoms with E-state index in [4.69, 9.17) is 16.2 Å². The molecule has 0 bridgehead atoms. The second-order valence-electron chi connectivity index (χ2n) is 13.2. The summed E-state index contributed by atoms with van der Waals surface area (Å²) in [6.45, 7) is 11.4. The zero-order valence-electron chi connectivity index (χ0n) is 29.9. The normalized spacial score (nSPS) is 11.6. The number of fused-ring (bicyclic) bond motifs is 2. The van der Waals surface area contributed by atoms with Gasteiger partial charge in [-0.25, -0.2) is 28.7 Å². The number of halogens is 2. The summed E-state index contributed by atoms with van der Waals surface area (Å²) in [6, 6.07) is 9.99. The average Bonchev–Trinajstić information content (AvgIpc) is 3.68. The van der Waals surface area contributed by atoms with Crippen LogP contribution in [0.4, 0.5) is 8.78 Å². The summed E-state index contributed by atoms with van der Waals surface area (Å²) in [7, 11) is -1.21. The van der Waals surface area contributed by atoms with E-state index in [0.717, 1.165) is 28.3 Å². The first-order valence-electron chi connectivity index (χ1n) is 16.2. The molecule has 0 aliphatic rings. The van der Waals surface area contributed by atoms with E-state index in [-0.39, 0.29) is 18.4 Å². The molecular formula is C36H40F2N8O3S2Si. The Labute approximate surface area is 309 Å². The number of nitrogens with zero attached hydrogens (tertiary/aromatic N) is 5. The van der Waals surface area contributed by atoms with Gasteiger partial charge in [0.25, 0.3) is 11.8 Å². The van der Waals surface area contributed by atoms with Gasteiger partial charge >= 0.3 is 0 Å². The second kappa shape index (κ2) is 15.9. The van der Waals surface area contributed by atoms with Crippen molar-refractivity contribution in [1.82, 2.24) is 29.5 Å². The summed E-state index contributed by atoms with van der Waals surface area (Å²) in [5, 5.41) is 2.23. The Morgan fingerprint density at radius 2 is 1.37 bits per heavy atom. The van der Waals surface area contributed by atoms with Crippen LogP contribution in [0.15, 0.2) is 59.1 Å². The summed E-state index contributed by atoms with van der Waals surface area (Å²) in [6.07, 6.45) is 6.94. The number of ether oxygens (including phenoxy) is 1. The predicted molar refractivity (Wildman–Crippen MR) is 206 cm³/mol. The fourth-order valence-corrected chi connectivity index (χ4v) is 7.04. The fraction of sp³-hybridized carbons (Fsp3) is 0.278. The van der Waals surface area contributed by atoms with Crippen LogP contribution in [-0.2, 0) is 11.5 Å². The maximum atomic E-state index is 13.7. The molecule has 16 heteroatoms. The Morgan fingerprint density at radius 3 is 1.87 bits per heavy atom. The summed E-state index contributed by atoms with van der Waals surface area (Å²) < 4.78 is 34.7. The maximum Gasteiger partial charge on any atom is 0.251 e. The van der Waals surface area contributed by atoms with Crippen molar-refractivity contribution in [3.63, 3.8) is 0 Å². The van der Waals surface area contributed by atoms with Crippen LogP contribution in [0.2, 0.25) is 25.7 Å². The van der Waals surface area contributed by atoms with Gasteiger partial charge in [-0.1, -0.05) is 43.2 Å². The number of nitrogens with one attached hydrogen (secondary N) is 1. The Hall–Kier alpha value is -4.64. The third kappa shape index (κ3) is 8.52. The molecule has 6 aromatic rings. The van der Waals surface area contributed by atoms with E-state index in [9.17, 15) is 18.4 Å². The molecule has 4 aromatic heterocycles. The minimum atomic E-state index is -1.21. The standard InChI is InChI=1S/C21H27FN4O2SSi.C15H13FN4OS/c1-13-10-14(22)6-7-15(13)18-17-16(19(23)27)11-26(12-28-8-9-30(3,4)5)20(17)25-21(24-18)29-2;1-7-5-8(16)3-4-9(7)12-11-10(13(17)21)6-18-14(11)20-15(19-12)22-2/h6-7,10-11H,8-9,12H2,1-5H3,(H2,23,27);3-6H,1-2H3,(H2,17,21)(H,18,19,20). The van der Waals surface area contributed by atoms with E-state index < -0.39 is 19.9 Å². The summed E-state index contributed by atoms with van der Waals surface area (Å²) in [5.41, 5.74) is 16.9. The zero-order valence-corrected chi connectivity index (χ0v) is 32.6. The molecule has 0 radical (unpaired) electrons. The highest BCUT2D eigenvalue weighted by Crippen LogP contribution is 2.35. The number of amides is 2. The highest BCUT2D eigenvalue weighted by atomic mass is 32.2. The Morgan fingerprint density at radius 1 is 0.827 bits per heavy atom. The van der Waals surface area contributed by atoms with Crippen molar-refractivity contribution < 1.29 is 23.1 Å². The van der Waals surface area contributed by atoms with Gasteiger partial charge in [0.15, 0.2) is 10.3 Å². The third-order valence-electron chi connectivity index (χ3n) is 8.22. The number of carbonyl (C=O) groups excluding carboxylic acids is 2. The molecule has 2 aromatic carbocycles. The smallest absolute Gasteiger partial charge is 0.251 e. The quantitative estimate of drug-likeness (QED) is 0.0522. The topological polar surface area (TPSA) is 168 Å². The van der Waals surface area contributed by atoms with Crippen LogP contribution < -0.4 is 11.5 Å². The van der Waals surface area contributed by atoms with E-state index in [1.807, 2.05) is 19.4 Å². The number of benzene rings is 2. The fourth-order valence-electron chi connectivity index (χ4n) is 5.56. The van der Waals surface area contributed by atoms with E-state index in [1.165, 1.54) is 54.0 Å². The van der Waals surface area contributed by atoms with Gasteiger partial charge in [-0.15, -0.1) is 0 Å². The molecule has 272 valence electrons. The van der Waals surface area contributed by atoms with Crippen LogP contribution in [0, 0.1) is 25.5 Å². The van der Waals surface area contributed by atoms with Gasteiger partial charge in [-0.3, -0.25) is 9.59 Å². The second-order valence-corrected chi connectivity index (χ2v) is 20.4. The first kappa shape index (κ1) is 38.6. The number of rotatable bonds is 11.